The van der Waals surface area contributed by atoms with Gasteiger partial charge in [-0.2, -0.15) is 0 Å². The number of rotatable bonds is 3. The number of benzene rings is 1. The highest BCUT2D eigenvalue weighted by Crippen LogP contribution is 2.24. The molecule has 1 N–H and O–H groups in total. The van der Waals surface area contributed by atoms with Gasteiger partial charge in [0.05, 0.1) is 5.41 Å². The highest BCUT2D eigenvalue weighted by Gasteiger charge is 2.29. The van der Waals surface area contributed by atoms with Crippen molar-refractivity contribution in [2.24, 2.45) is 0 Å². The van der Waals surface area contributed by atoms with E-state index in [4.69, 9.17) is 0 Å². The molecule has 0 saturated carbocycles. The van der Waals surface area contributed by atoms with Gasteiger partial charge in [0.1, 0.15) is 5.82 Å². The van der Waals surface area contributed by atoms with Crippen LogP contribution in [0.5, 0.6) is 0 Å². The van der Waals surface area contributed by atoms with E-state index in [0.717, 1.165) is 5.56 Å². The van der Waals surface area contributed by atoms with E-state index < -0.39 is 5.41 Å². The first kappa shape index (κ1) is 13.2. The van der Waals surface area contributed by atoms with Crippen molar-refractivity contribution < 1.29 is 9.18 Å². The summed E-state index contributed by atoms with van der Waals surface area (Å²) < 4.78 is 12.8. The molecule has 1 aromatic carbocycles. The molecule has 2 aromatic rings. The van der Waals surface area contributed by atoms with Crippen LogP contribution in [0.15, 0.2) is 48.8 Å². The minimum atomic E-state index is -0.706. The maximum absolute atomic E-state index is 12.8. The molecule has 1 aromatic heterocycles. The van der Waals surface area contributed by atoms with Crippen molar-refractivity contribution >= 4 is 11.6 Å². The molecule has 1 heterocycles. The lowest BCUT2D eigenvalue weighted by Crippen LogP contribution is -2.34. The van der Waals surface area contributed by atoms with Crippen LogP contribution in [-0.2, 0) is 10.2 Å². The van der Waals surface area contributed by atoms with E-state index in [2.05, 4.69) is 10.3 Å². The van der Waals surface area contributed by atoms with Crippen molar-refractivity contribution in [2.45, 2.75) is 19.3 Å². The SMILES string of the molecule is CC(C)(C(=O)Nc1ccc(F)cc1)c1cccnc1. The predicted molar refractivity (Wildman–Crippen MR) is 72.3 cm³/mol. The van der Waals surface area contributed by atoms with E-state index >= 15 is 0 Å². The molecule has 0 aliphatic rings. The van der Waals surface area contributed by atoms with Crippen molar-refractivity contribution in [1.29, 1.82) is 0 Å². The maximum Gasteiger partial charge on any atom is 0.234 e. The van der Waals surface area contributed by atoms with Gasteiger partial charge in [-0.25, -0.2) is 4.39 Å². The van der Waals surface area contributed by atoms with E-state index in [1.807, 2.05) is 19.9 Å². The fraction of sp³-hybridized carbons (Fsp3) is 0.200. The summed E-state index contributed by atoms with van der Waals surface area (Å²) in [5.41, 5.74) is 0.695. The molecule has 0 spiro atoms. The smallest absolute Gasteiger partial charge is 0.234 e. The van der Waals surface area contributed by atoms with Gasteiger partial charge in [-0.05, 0) is 49.7 Å². The number of anilines is 1. The van der Waals surface area contributed by atoms with Crippen LogP contribution in [-0.4, -0.2) is 10.9 Å². The number of halogens is 1. The predicted octanol–water partition coefficient (Wildman–Crippen LogP) is 3.14. The molecule has 2 rings (SSSR count). The molecule has 0 aliphatic carbocycles. The summed E-state index contributed by atoms with van der Waals surface area (Å²) in [6, 6.07) is 9.35. The first-order chi connectivity index (χ1) is 9.00. The Morgan fingerprint density at radius 1 is 1.21 bits per heavy atom. The fourth-order valence-corrected chi connectivity index (χ4v) is 1.68. The Morgan fingerprint density at radius 2 is 1.89 bits per heavy atom. The number of carbonyl (C=O) groups excluding carboxylic acids is 1. The number of hydrogen-bond acceptors (Lipinski definition) is 2. The summed E-state index contributed by atoms with van der Waals surface area (Å²) in [7, 11) is 0. The Labute approximate surface area is 111 Å². The molecular formula is C15H15FN2O. The highest BCUT2D eigenvalue weighted by molar-refractivity contribution is 5.98. The van der Waals surface area contributed by atoms with Gasteiger partial charge in [-0.15, -0.1) is 0 Å². The van der Waals surface area contributed by atoms with Crippen LogP contribution < -0.4 is 5.32 Å². The molecule has 0 unspecified atom stereocenters. The van der Waals surface area contributed by atoms with E-state index in [-0.39, 0.29) is 11.7 Å². The largest absolute Gasteiger partial charge is 0.325 e. The first-order valence-electron chi connectivity index (χ1n) is 5.97. The number of hydrogen-bond donors (Lipinski definition) is 1. The molecule has 0 aliphatic heterocycles. The lowest BCUT2D eigenvalue weighted by Gasteiger charge is -2.23. The number of nitrogens with one attached hydrogen (secondary N) is 1. The lowest BCUT2D eigenvalue weighted by atomic mass is 9.84. The van der Waals surface area contributed by atoms with Crippen molar-refractivity contribution in [3.8, 4) is 0 Å². The molecule has 4 heteroatoms. The molecule has 3 nitrogen and oxygen atoms in total. The molecule has 0 saturated heterocycles. The van der Waals surface area contributed by atoms with Crippen LogP contribution in [0.25, 0.3) is 0 Å². The second-order valence-corrected chi connectivity index (χ2v) is 4.83. The summed E-state index contributed by atoms with van der Waals surface area (Å²) in [4.78, 5) is 16.3. The van der Waals surface area contributed by atoms with Crippen LogP contribution in [0.4, 0.5) is 10.1 Å². The molecule has 0 atom stereocenters. The van der Waals surface area contributed by atoms with Crippen molar-refractivity contribution in [2.75, 3.05) is 5.32 Å². The third-order valence-electron chi connectivity index (χ3n) is 3.05. The van der Waals surface area contributed by atoms with Crippen LogP contribution >= 0.6 is 0 Å². The number of amides is 1. The maximum atomic E-state index is 12.8. The summed E-state index contributed by atoms with van der Waals surface area (Å²) in [6.45, 7) is 3.64. The Hall–Kier alpha value is -2.23. The fourth-order valence-electron chi connectivity index (χ4n) is 1.68. The third kappa shape index (κ3) is 2.96. The Bertz CT molecular complexity index is 564. The topological polar surface area (TPSA) is 42.0 Å². The van der Waals surface area contributed by atoms with Crippen LogP contribution in [0.3, 0.4) is 0 Å². The molecule has 0 bridgehead atoms. The zero-order valence-electron chi connectivity index (χ0n) is 10.9. The number of aromatic nitrogens is 1. The van der Waals surface area contributed by atoms with Crippen molar-refractivity contribution in [1.82, 2.24) is 4.98 Å². The second-order valence-electron chi connectivity index (χ2n) is 4.83. The average molecular weight is 258 g/mol. The second kappa shape index (κ2) is 5.18. The molecule has 19 heavy (non-hydrogen) atoms. The third-order valence-corrected chi connectivity index (χ3v) is 3.05. The Morgan fingerprint density at radius 3 is 2.47 bits per heavy atom. The van der Waals surface area contributed by atoms with Gasteiger partial charge < -0.3 is 5.32 Å². The van der Waals surface area contributed by atoms with E-state index in [9.17, 15) is 9.18 Å². The number of carbonyl (C=O) groups is 1. The van der Waals surface area contributed by atoms with Gasteiger partial charge in [0.25, 0.3) is 0 Å². The molecule has 1 amide bonds. The van der Waals surface area contributed by atoms with Gasteiger partial charge in [0.2, 0.25) is 5.91 Å². The Balaban J connectivity index is 2.17. The quantitative estimate of drug-likeness (QED) is 0.919. The monoisotopic (exact) mass is 258 g/mol. The normalized spacial score (nSPS) is 11.1. The minimum Gasteiger partial charge on any atom is -0.325 e. The van der Waals surface area contributed by atoms with Crippen molar-refractivity contribution in [3.63, 3.8) is 0 Å². The van der Waals surface area contributed by atoms with Crippen LogP contribution in [0.1, 0.15) is 19.4 Å². The summed E-state index contributed by atoms with van der Waals surface area (Å²) in [5, 5.41) is 2.77. The highest BCUT2D eigenvalue weighted by atomic mass is 19.1. The van der Waals surface area contributed by atoms with Crippen LogP contribution in [0, 0.1) is 5.82 Å². The van der Waals surface area contributed by atoms with Gasteiger partial charge in [0, 0.05) is 18.1 Å². The van der Waals surface area contributed by atoms with Crippen LogP contribution in [0.2, 0.25) is 0 Å². The van der Waals surface area contributed by atoms with Gasteiger partial charge in [-0.1, -0.05) is 6.07 Å². The summed E-state index contributed by atoms with van der Waals surface area (Å²) in [6.07, 6.45) is 3.34. The minimum absolute atomic E-state index is 0.160. The van der Waals surface area contributed by atoms with Gasteiger partial charge in [0.15, 0.2) is 0 Å². The van der Waals surface area contributed by atoms with Crippen molar-refractivity contribution in [3.05, 3.63) is 60.2 Å². The van der Waals surface area contributed by atoms with E-state index in [1.54, 1.807) is 18.5 Å². The zero-order chi connectivity index (χ0) is 13.9. The van der Waals surface area contributed by atoms with E-state index in [1.165, 1.54) is 24.3 Å². The standard InChI is InChI=1S/C15H15FN2O/c1-15(2,11-4-3-9-17-10-11)14(19)18-13-7-5-12(16)6-8-13/h3-10H,1-2H3,(H,18,19). The average Bonchev–Trinajstić information content (AvgIpc) is 2.42. The first-order valence-corrected chi connectivity index (χ1v) is 5.97. The zero-order valence-corrected chi connectivity index (χ0v) is 10.9. The molecule has 98 valence electrons. The molecule has 0 radical (unpaired) electrons. The summed E-state index contributed by atoms with van der Waals surface area (Å²) >= 11 is 0. The summed E-state index contributed by atoms with van der Waals surface area (Å²) in [5.74, 6) is -0.489. The molecule has 0 fully saturated rings. The number of pyridine rings is 1. The Kier molecular flexibility index (Phi) is 3.60. The number of nitrogens with zero attached hydrogens (tertiary/aromatic N) is 1. The van der Waals surface area contributed by atoms with Gasteiger partial charge >= 0.3 is 0 Å². The molecular weight excluding hydrogens is 243 g/mol. The van der Waals surface area contributed by atoms with E-state index in [0.29, 0.717) is 5.69 Å². The van der Waals surface area contributed by atoms with Gasteiger partial charge in [-0.3, -0.25) is 9.78 Å². The lowest BCUT2D eigenvalue weighted by molar-refractivity contribution is -0.120.